The van der Waals surface area contributed by atoms with Crippen LogP contribution in [-0.4, -0.2) is 16.0 Å². The van der Waals surface area contributed by atoms with Crippen molar-refractivity contribution >= 4 is 11.9 Å². The molecule has 2 rings (SSSR count). The van der Waals surface area contributed by atoms with Gasteiger partial charge in [0.05, 0.1) is 6.20 Å². The summed E-state index contributed by atoms with van der Waals surface area (Å²) in [6.45, 7) is 0. The Morgan fingerprint density at radius 2 is 1.89 bits per heavy atom. The molecule has 0 atom stereocenters. The summed E-state index contributed by atoms with van der Waals surface area (Å²) in [6, 6.07) is 4.60. The summed E-state index contributed by atoms with van der Waals surface area (Å²) < 4.78 is 41.0. The minimum Gasteiger partial charge on any atom is -0.508 e. The third-order valence-electron chi connectivity index (χ3n) is 2.14. The smallest absolute Gasteiger partial charge is 0.451 e. The van der Waals surface area contributed by atoms with Crippen LogP contribution in [0.15, 0.2) is 34.9 Å². The second-order valence-corrected chi connectivity index (χ2v) is 3.53. The molecule has 1 aromatic carbocycles. The number of alkyl halides is 3. The van der Waals surface area contributed by atoms with Crippen LogP contribution in [0.5, 0.6) is 5.75 Å². The maximum absolute atomic E-state index is 12.2. The van der Waals surface area contributed by atoms with Gasteiger partial charge in [0.15, 0.2) is 0 Å². The van der Waals surface area contributed by atoms with E-state index in [4.69, 9.17) is 5.11 Å². The van der Waals surface area contributed by atoms with Crippen LogP contribution < -0.4 is 5.32 Å². The maximum Gasteiger partial charge on any atom is 0.451 e. The van der Waals surface area contributed by atoms with E-state index in [9.17, 15) is 18.0 Å². The highest BCUT2D eigenvalue weighted by Gasteiger charge is 2.35. The molecule has 0 aliphatic carbocycles. The number of benzene rings is 1. The molecule has 1 heterocycles. The van der Waals surface area contributed by atoms with Crippen LogP contribution in [0.1, 0.15) is 16.1 Å². The van der Waals surface area contributed by atoms with Gasteiger partial charge < -0.3 is 9.52 Å². The molecule has 100 valence electrons. The molecule has 0 unspecified atom stereocenters. The third kappa shape index (κ3) is 3.03. The zero-order valence-corrected chi connectivity index (χ0v) is 9.23. The topological polar surface area (TPSA) is 75.4 Å². The van der Waals surface area contributed by atoms with Crippen LogP contribution in [0.2, 0.25) is 0 Å². The number of nitrogens with zero attached hydrogens (tertiary/aromatic N) is 1. The van der Waals surface area contributed by atoms with Gasteiger partial charge in [-0.1, -0.05) is 0 Å². The second-order valence-electron chi connectivity index (χ2n) is 3.53. The van der Waals surface area contributed by atoms with Crippen molar-refractivity contribution < 1.29 is 27.5 Å². The molecule has 0 radical (unpaired) electrons. The molecule has 0 saturated heterocycles. The Morgan fingerprint density at radius 3 is 2.42 bits per heavy atom. The average molecular weight is 272 g/mol. The zero-order valence-electron chi connectivity index (χ0n) is 9.23. The second kappa shape index (κ2) is 4.63. The van der Waals surface area contributed by atoms with E-state index in [1.54, 1.807) is 0 Å². The van der Waals surface area contributed by atoms with Crippen LogP contribution in [0.25, 0.3) is 0 Å². The Balaban J connectivity index is 2.11. The van der Waals surface area contributed by atoms with Gasteiger partial charge in [0, 0.05) is 5.56 Å². The molecule has 8 heteroatoms. The van der Waals surface area contributed by atoms with Crippen molar-refractivity contribution in [2.45, 2.75) is 6.18 Å². The number of oxazole rings is 1. The molecule has 0 spiro atoms. The first kappa shape index (κ1) is 12.9. The molecule has 5 nitrogen and oxygen atoms in total. The highest BCUT2D eigenvalue weighted by Crippen LogP contribution is 2.30. The lowest BCUT2D eigenvalue weighted by molar-refractivity contribution is -0.152. The normalized spacial score (nSPS) is 11.3. The van der Waals surface area contributed by atoms with E-state index in [1.165, 1.54) is 24.3 Å². The van der Waals surface area contributed by atoms with E-state index in [1.807, 2.05) is 0 Å². The van der Waals surface area contributed by atoms with Crippen LogP contribution in [0, 0.1) is 0 Å². The first-order valence-corrected chi connectivity index (χ1v) is 4.99. The van der Waals surface area contributed by atoms with Crippen LogP contribution in [0.4, 0.5) is 19.2 Å². The number of carbonyl (C=O) groups excluding carboxylic acids is 1. The molecule has 1 amide bonds. The largest absolute Gasteiger partial charge is 0.508 e. The molecule has 1 aromatic heterocycles. The summed E-state index contributed by atoms with van der Waals surface area (Å²) >= 11 is 0. The lowest BCUT2D eigenvalue weighted by Gasteiger charge is -2.02. The van der Waals surface area contributed by atoms with E-state index < -0.39 is 23.9 Å². The molecule has 0 saturated carbocycles. The van der Waals surface area contributed by atoms with Gasteiger partial charge in [-0.2, -0.15) is 13.2 Å². The lowest BCUT2D eigenvalue weighted by Crippen LogP contribution is -2.11. The number of aromatic hydroxyl groups is 1. The molecular weight excluding hydrogens is 265 g/mol. The van der Waals surface area contributed by atoms with Crippen LogP contribution in [-0.2, 0) is 6.18 Å². The third-order valence-corrected chi connectivity index (χ3v) is 2.14. The van der Waals surface area contributed by atoms with Gasteiger partial charge in [0.2, 0.25) is 5.76 Å². The molecule has 0 fully saturated rings. The average Bonchev–Trinajstić information content (AvgIpc) is 2.78. The molecule has 2 N–H and O–H groups in total. The number of phenols is 1. The number of carbonyl (C=O) groups is 1. The molecular formula is C11H7F3N2O3. The van der Waals surface area contributed by atoms with Crippen molar-refractivity contribution in [1.29, 1.82) is 0 Å². The number of halogens is 3. The number of rotatable bonds is 2. The van der Waals surface area contributed by atoms with Gasteiger partial charge in [-0.15, -0.1) is 0 Å². The Kier molecular flexibility index (Phi) is 3.16. The van der Waals surface area contributed by atoms with E-state index in [0.717, 1.165) is 0 Å². The van der Waals surface area contributed by atoms with Gasteiger partial charge in [-0.3, -0.25) is 10.1 Å². The van der Waals surface area contributed by atoms with Crippen molar-refractivity contribution in [3.8, 4) is 5.75 Å². The molecule has 0 bridgehead atoms. The highest BCUT2D eigenvalue weighted by atomic mass is 19.4. The van der Waals surface area contributed by atoms with Crippen molar-refractivity contribution in [2.24, 2.45) is 0 Å². The van der Waals surface area contributed by atoms with Gasteiger partial charge in [0.1, 0.15) is 5.75 Å². The number of anilines is 1. The van der Waals surface area contributed by atoms with E-state index >= 15 is 0 Å². The highest BCUT2D eigenvalue weighted by molar-refractivity contribution is 6.03. The minimum absolute atomic E-state index is 0.0352. The Labute approximate surface area is 104 Å². The summed E-state index contributed by atoms with van der Waals surface area (Å²) in [4.78, 5) is 14.9. The summed E-state index contributed by atoms with van der Waals surface area (Å²) in [5, 5.41) is 11.1. The maximum atomic E-state index is 12.2. The number of aromatic nitrogens is 1. The number of amides is 1. The Morgan fingerprint density at radius 1 is 1.26 bits per heavy atom. The Bertz CT molecular complexity index is 590. The number of hydrogen-bond donors (Lipinski definition) is 2. The summed E-state index contributed by atoms with van der Waals surface area (Å²) in [5.41, 5.74) is 0.143. The lowest BCUT2D eigenvalue weighted by atomic mass is 10.2. The number of hydrogen-bond acceptors (Lipinski definition) is 4. The monoisotopic (exact) mass is 272 g/mol. The fourth-order valence-electron chi connectivity index (χ4n) is 1.25. The quantitative estimate of drug-likeness (QED) is 0.881. The van der Waals surface area contributed by atoms with Crippen molar-refractivity contribution in [3.05, 3.63) is 41.8 Å². The number of nitrogens with one attached hydrogen (secondary N) is 1. The molecule has 19 heavy (non-hydrogen) atoms. The van der Waals surface area contributed by atoms with Gasteiger partial charge >= 0.3 is 12.2 Å². The van der Waals surface area contributed by atoms with E-state index in [0.29, 0.717) is 6.20 Å². The first-order chi connectivity index (χ1) is 8.86. The summed E-state index contributed by atoms with van der Waals surface area (Å²) in [7, 11) is 0. The van der Waals surface area contributed by atoms with Crippen molar-refractivity contribution in [1.82, 2.24) is 4.98 Å². The van der Waals surface area contributed by atoms with Gasteiger partial charge in [-0.05, 0) is 24.3 Å². The fraction of sp³-hybridized carbons (Fsp3) is 0.0909. The van der Waals surface area contributed by atoms with Crippen LogP contribution >= 0.6 is 0 Å². The SMILES string of the molecule is O=C(Nc1ncc(C(F)(F)F)o1)c1ccc(O)cc1. The predicted octanol–water partition coefficient (Wildman–Crippen LogP) is 2.65. The zero-order chi connectivity index (χ0) is 14.0. The van der Waals surface area contributed by atoms with Crippen molar-refractivity contribution in [3.63, 3.8) is 0 Å². The standard InChI is InChI=1S/C11H7F3N2O3/c12-11(13,14)8-5-15-10(19-8)16-9(18)6-1-3-7(17)4-2-6/h1-5,17H,(H,15,16,18). The van der Waals surface area contributed by atoms with E-state index in [-0.39, 0.29) is 11.3 Å². The van der Waals surface area contributed by atoms with Crippen molar-refractivity contribution in [2.75, 3.05) is 5.32 Å². The Hall–Kier alpha value is -2.51. The first-order valence-electron chi connectivity index (χ1n) is 4.99. The van der Waals surface area contributed by atoms with Gasteiger partial charge in [-0.25, -0.2) is 4.98 Å². The number of phenolic OH excluding ortho intramolecular Hbond substituents is 1. The summed E-state index contributed by atoms with van der Waals surface area (Å²) in [5.74, 6) is -2.03. The molecule has 0 aliphatic rings. The molecule has 0 aliphatic heterocycles. The predicted molar refractivity (Wildman–Crippen MR) is 57.6 cm³/mol. The summed E-state index contributed by atoms with van der Waals surface area (Å²) in [6.07, 6.45) is -4.18. The molecule has 2 aromatic rings. The fourth-order valence-corrected chi connectivity index (χ4v) is 1.25. The van der Waals surface area contributed by atoms with Gasteiger partial charge in [0.25, 0.3) is 5.91 Å². The van der Waals surface area contributed by atoms with E-state index in [2.05, 4.69) is 14.7 Å². The minimum atomic E-state index is -4.66. The van der Waals surface area contributed by atoms with Crippen LogP contribution in [0.3, 0.4) is 0 Å².